The van der Waals surface area contributed by atoms with Crippen LogP contribution in [0.25, 0.3) is 0 Å². The van der Waals surface area contributed by atoms with Crippen molar-refractivity contribution in [3.8, 4) is 5.75 Å². The van der Waals surface area contributed by atoms with E-state index in [0.717, 1.165) is 25.2 Å². The Hall–Kier alpha value is -1.20. The van der Waals surface area contributed by atoms with Crippen LogP contribution in [0.4, 0.5) is 8.78 Å². The molecule has 0 aromatic heterocycles. The fraction of sp³-hybridized carbons (Fsp3) is 0.538. The summed E-state index contributed by atoms with van der Waals surface area (Å²) in [6.07, 6.45) is 2.46. The molecule has 100 valence electrons. The van der Waals surface area contributed by atoms with Gasteiger partial charge in [-0.25, -0.2) is 0 Å². The van der Waals surface area contributed by atoms with Crippen molar-refractivity contribution in [1.82, 2.24) is 10.6 Å². The first-order valence-electron chi connectivity index (χ1n) is 6.22. The summed E-state index contributed by atoms with van der Waals surface area (Å²) >= 11 is 0. The van der Waals surface area contributed by atoms with Crippen molar-refractivity contribution >= 4 is 0 Å². The number of benzene rings is 1. The van der Waals surface area contributed by atoms with Gasteiger partial charge in [-0.1, -0.05) is 12.1 Å². The minimum atomic E-state index is -2.76. The molecule has 2 rings (SSSR count). The zero-order valence-electron chi connectivity index (χ0n) is 10.2. The lowest BCUT2D eigenvalue weighted by atomic mass is 10.2. The molecular weight excluding hydrogens is 238 g/mol. The first kappa shape index (κ1) is 13.2. The highest BCUT2D eigenvalue weighted by molar-refractivity contribution is 5.27. The predicted octanol–water partition coefficient (Wildman–Crippen LogP) is 2.13. The van der Waals surface area contributed by atoms with Gasteiger partial charge in [0, 0.05) is 19.1 Å². The van der Waals surface area contributed by atoms with Gasteiger partial charge in [-0.05, 0) is 37.1 Å². The first-order chi connectivity index (χ1) is 8.74. The highest BCUT2D eigenvalue weighted by Crippen LogP contribution is 2.14. The van der Waals surface area contributed by atoms with Gasteiger partial charge in [-0.15, -0.1) is 0 Å². The summed E-state index contributed by atoms with van der Waals surface area (Å²) in [5.41, 5.74) is 1.06. The fourth-order valence-corrected chi connectivity index (χ4v) is 2.11. The molecule has 1 aliphatic rings. The third-order valence-electron chi connectivity index (χ3n) is 3.03. The van der Waals surface area contributed by atoms with Crippen LogP contribution in [0, 0.1) is 0 Å². The molecule has 0 radical (unpaired) electrons. The van der Waals surface area contributed by atoms with Gasteiger partial charge in [0.2, 0.25) is 0 Å². The number of ether oxygens (including phenoxy) is 1. The van der Waals surface area contributed by atoms with E-state index in [1.54, 1.807) is 24.3 Å². The third kappa shape index (κ3) is 4.23. The van der Waals surface area contributed by atoms with Gasteiger partial charge in [0.1, 0.15) is 5.75 Å². The molecule has 5 heteroatoms. The van der Waals surface area contributed by atoms with Crippen molar-refractivity contribution in [1.29, 1.82) is 0 Å². The summed E-state index contributed by atoms with van der Waals surface area (Å²) in [6, 6.07) is 7.29. The normalized spacial score (nSPS) is 19.4. The van der Waals surface area contributed by atoms with Crippen molar-refractivity contribution in [2.24, 2.45) is 0 Å². The van der Waals surface area contributed by atoms with Crippen molar-refractivity contribution in [2.75, 3.05) is 13.1 Å². The molecule has 1 aromatic carbocycles. The number of rotatable bonds is 6. The van der Waals surface area contributed by atoms with Gasteiger partial charge in [-0.3, -0.25) is 0 Å². The van der Waals surface area contributed by atoms with Crippen molar-refractivity contribution in [3.05, 3.63) is 29.8 Å². The lowest BCUT2D eigenvalue weighted by molar-refractivity contribution is -0.0498. The largest absolute Gasteiger partial charge is 0.435 e. The van der Waals surface area contributed by atoms with Crippen LogP contribution < -0.4 is 15.4 Å². The van der Waals surface area contributed by atoms with Crippen LogP contribution in [0.3, 0.4) is 0 Å². The Morgan fingerprint density at radius 1 is 1.33 bits per heavy atom. The number of nitrogens with one attached hydrogen (secondary N) is 2. The molecule has 1 aromatic rings. The maximum atomic E-state index is 12.0. The average molecular weight is 256 g/mol. The van der Waals surface area contributed by atoms with E-state index in [2.05, 4.69) is 15.4 Å². The van der Waals surface area contributed by atoms with Crippen LogP contribution in [0.5, 0.6) is 5.75 Å². The molecule has 0 saturated carbocycles. The highest BCUT2D eigenvalue weighted by atomic mass is 19.3. The van der Waals surface area contributed by atoms with Gasteiger partial charge in [0.05, 0.1) is 0 Å². The molecule has 0 bridgehead atoms. The number of hydrogen-bond donors (Lipinski definition) is 2. The van der Waals surface area contributed by atoms with E-state index in [1.165, 1.54) is 12.8 Å². The number of halogens is 2. The second-order valence-electron chi connectivity index (χ2n) is 4.45. The monoisotopic (exact) mass is 256 g/mol. The van der Waals surface area contributed by atoms with Crippen molar-refractivity contribution in [3.63, 3.8) is 0 Å². The number of hydrogen-bond acceptors (Lipinski definition) is 3. The van der Waals surface area contributed by atoms with Crippen molar-refractivity contribution < 1.29 is 13.5 Å². The molecule has 1 fully saturated rings. The Morgan fingerprint density at radius 2 is 2.11 bits per heavy atom. The van der Waals surface area contributed by atoms with E-state index in [9.17, 15) is 8.78 Å². The Kier molecular flexibility index (Phi) is 4.90. The summed E-state index contributed by atoms with van der Waals surface area (Å²) in [5, 5.41) is 6.76. The molecule has 0 amide bonds. The second kappa shape index (κ2) is 6.66. The van der Waals surface area contributed by atoms with E-state index in [-0.39, 0.29) is 5.75 Å². The molecule has 1 aliphatic heterocycles. The lowest BCUT2D eigenvalue weighted by Crippen LogP contribution is -2.33. The zero-order valence-corrected chi connectivity index (χ0v) is 10.2. The zero-order chi connectivity index (χ0) is 12.8. The quantitative estimate of drug-likeness (QED) is 0.818. The van der Waals surface area contributed by atoms with Crippen molar-refractivity contribution in [2.45, 2.75) is 32.0 Å². The Balaban J connectivity index is 1.72. The molecule has 3 nitrogen and oxygen atoms in total. The molecule has 0 aliphatic carbocycles. The van der Waals surface area contributed by atoms with Gasteiger partial charge in [0.15, 0.2) is 0 Å². The minimum absolute atomic E-state index is 0.200. The SMILES string of the molecule is FC(F)Oc1ccc(CNCC2CCCN2)cc1. The second-order valence-corrected chi connectivity index (χ2v) is 4.45. The molecule has 1 saturated heterocycles. The predicted molar refractivity (Wildman–Crippen MR) is 65.8 cm³/mol. The molecule has 1 unspecified atom stereocenters. The van der Waals surface area contributed by atoms with Gasteiger partial charge in [-0.2, -0.15) is 8.78 Å². The summed E-state index contributed by atoms with van der Waals surface area (Å²) < 4.78 is 28.2. The molecule has 1 atom stereocenters. The number of alkyl halides is 2. The first-order valence-corrected chi connectivity index (χ1v) is 6.22. The van der Waals surface area contributed by atoms with Gasteiger partial charge >= 0.3 is 6.61 Å². The van der Waals surface area contributed by atoms with E-state index in [0.29, 0.717) is 6.04 Å². The van der Waals surface area contributed by atoms with E-state index in [4.69, 9.17) is 0 Å². The Labute approximate surface area is 106 Å². The highest BCUT2D eigenvalue weighted by Gasteiger charge is 2.12. The van der Waals surface area contributed by atoms with Crippen LogP contribution in [0.15, 0.2) is 24.3 Å². The summed E-state index contributed by atoms with van der Waals surface area (Å²) in [4.78, 5) is 0. The maximum absolute atomic E-state index is 12.0. The van der Waals surface area contributed by atoms with E-state index >= 15 is 0 Å². The standard InChI is InChI=1S/C13H18F2N2O/c14-13(15)18-12-5-3-10(4-6-12)8-16-9-11-2-1-7-17-11/h3-6,11,13,16-17H,1-2,7-9H2. The topological polar surface area (TPSA) is 33.3 Å². The maximum Gasteiger partial charge on any atom is 0.387 e. The molecule has 0 spiro atoms. The molecule has 1 heterocycles. The fourth-order valence-electron chi connectivity index (χ4n) is 2.11. The van der Waals surface area contributed by atoms with Crippen LogP contribution in [0.2, 0.25) is 0 Å². The summed E-state index contributed by atoms with van der Waals surface area (Å²) in [7, 11) is 0. The smallest absolute Gasteiger partial charge is 0.387 e. The summed E-state index contributed by atoms with van der Waals surface area (Å²) in [6.45, 7) is 0.0245. The molecular formula is C13H18F2N2O. The van der Waals surface area contributed by atoms with Gasteiger partial charge < -0.3 is 15.4 Å². The third-order valence-corrected chi connectivity index (χ3v) is 3.03. The Morgan fingerprint density at radius 3 is 2.72 bits per heavy atom. The van der Waals surface area contributed by atoms with Crippen LogP contribution in [-0.2, 0) is 6.54 Å². The Bertz CT molecular complexity index is 351. The van der Waals surface area contributed by atoms with E-state index in [1.807, 2.05) is 0 Å². The van der Waals surface area contributed by atoms with Crippen LogP contribution >= 0.6 is 0 Å². The molecule has 2 N–H and O–H groups in total. The molecule has 18 heavy (non-hydrogen) atoms. The minimum Gasteiger partial charge on any atom is -0.435 e. The van der Waals surface area contributed by atoms with Gasteiger partial charge in [0.25, 0.3) is 0 Å². The van der Waals surface area contributed by atoms with Crippen LogP contribution in [-0.4, -0.2) is 25.7 Å². The lowest BCUT2D eigenvalue weighted by Gasteiger charge is -2.11. The van der Waals surface area contributed by atoms with E-state index < -0.39 is 6.61 Å². The average Bonchev–Trinajstić information content (AvgIpc) is 2.84. The van der Waals surface area contributed by atoms with Crippen LogP contribution in [0.1, 0.15) is 18.4 Å². The summed E-state index contributed by atoms with van der Waals surface area (Å²) in [5.74, 6) is 0.200.